The molecule has 18 heavy (non-hydrogen) atoms. The van der Waals surface area contributed by atoms with Crippen LogP contribution in [0.3, 0.4) is 0 Å². The number of aromatic nitrogens is 1. The monoisotopic (exact) mass is 242 g/mol. The lowest BCUT2D eigenvalue weighted by Gasteiger charge is -2.18. The van der Waals surface area contributed by atoms with Gasteiger partial charge in [0, 0.05) is 18.9 Å². The average Bonchev–Trinajstić information content (AvgIpc) is 2.39. The average molecular weight is 242 g/mol. The van der Waals surface area contributed by atoms with Crippen LogP contribution < -0.4 is 16.0 Å². The van der Waals surface area contributed by atoms with Gasteiger partial charge in [0.05, 0.1) is 5.69 Å². The van der Waals surface area contributed by atoms with Gasteiger partial charge in [-0.05, 0) is 24.3 Å². The molecule has 0 aliphatic heterocycles. The molecule has 0 atom stereocenters. The smallest absolute Gasteiger partial charge is 0.327 e. The van der Waals surface area contributed by atoms with E-state index in [1.807, 2.05) is 30.3 Å². The Morgan fingerprint density at radius 2 is 1.94 bits per heavy atom. The maximum Gasteiger partial charge on any atom is 0.327 e. The maximum absolute atomic E-state index is 12.0. The molecule has 0 saturated heterocycles. The predicted molar refractivity (Wildman–Crippen MR) is 72.5 cm³/mol. The fraction of sp³-hybridized carbons (Fsp3) is 0.0769. The number of nitrogens with two attached hydrogens (primary N) is 1. The highest BCUT2D eigenvalue weighted by Crippen LogP contribution is 2.18. The summed E-state index contributed by atoms with van der Waals surface area (Å²) in [5.41, 5.74) is 6.96. The number of anilines is 3. The maximum atomic E-state index is 12.0. The molecule has 0 aliphatic carbocycles. The largest absolute Gasteiger partial charge is 0.396 e. The van der Waals surface area contributed by atoms with Gasteiger partial charge in [0.25, 0.3) is 0 Å². The molecule has 5 nitrogen and oxygen atoms in total. The molecular weight excluding hydrogens is 228 g/mol. The number of amides is 2. The third-order valence-electron chi connectivity index (χ3n) is 2.46. The minimum absolute atomic E-state index is 0.286. The topological polar surface area (TPSA) is 71.2 Å². The lowest BCUT2D eigenvalue weighted by molar-refractivity contribution is 0.258. The van der Waals surface area contributed by atoms with Gasteiger partial charge in [-0.15, -0.1) is 0 Å². The van der Waals surface area contributed by atoms with Gasteiger partial charge in [0.15, 0.2) is 5.82 Å². The Kier molecular flexibility index (Phi) is 3.43. The standard InChI is InChI=1S/C13H14N4O/c1-17(12-11(14)8-5-9-15-12)13(18)16-10-6-3-2-4-7-10/h2-9H,14H2,1H3,(H,16,18). The van der Waals surface area contributed by atoms with E-state index in [-0.39, 0.29) is 6.03 Å². The zero-order chi connectivity index (χ0) is 13.0. The molecule has 0 radical (unpaired) electrons. The van der Waals surface area contributed by atoms with Gasteiger partial charge in [-0.3, -0.25) is 4.90 Å². The first-order chi connectivity index (χ1) is 8.68. The van der Waals surface area contributed by atoms with Crippen LogP contribution in [0.1, 0.15) is 0 Å². The Morgan fingerprint density at radius 3 is 2.61 bits per heavy atom. The van der Waals surface area contributed by atoms with Gasteiger partial charge in [0.2, 0.25) is 0 Å². The summed E-state index contributed by atoms with van der Waals surface area (Å²) in [7, 11) is 1.62. The Bertz CT molecular complexity index is 542. The summed E-state index contributed by atoms with van der Waals surface area (Å²) in [6.45, 7) is 0. The molecule has 2 rings (SSSR count). The van der Waals surface area contributed by atoms with Crippen LogP contribution in [-0.2, 0) is 0 Å². The third-order valence-corrected chi connectivity index (χ3v) is 2.46. The SMILES string of the molecule is CN(C(=O)Nc1ccccc1)c1ncccc1N. The Morgan fingerprint density at radius 1 is 1.22 bits per heavy atom. The fourth-order valence-electron chi connectivity index (χ4n) is 1.51. The minimum atomic E-state index is -0.286. The highest BCUT2D eigenvalue weighted by atomic mass is 16.2. The second-order valence-corrected chi connectivity index (χ2v) is 3.77. The van der Waals surface area contributed by atoms with E-state index in [0.29, 0.717) is 11.5 Å². The van der Waals surface area contributed by atoms with Gasteiger partial charge in [-0.25, -0.2) is 9.78 Å². The highest BCUT2D eigenvalue weighted by molar-refractivity contribution is 6.02. The number of carbonyl (C=O) groups is 1. The molecule has 92 valence electrons. The molecule has 5 heteroatoms. The first kappa shape index (κ1) is 11.9. The molecule has 0 saturated carbocycles. The summed E-state index contributed by atoms with van der Waals surface area (Å²) < 4.78 is 0. The quantitative estimate of drug-likeness (QED) is 0.849. The van der Waals surface area contributed by atoms with E-state index >= 15 is 0 Å². The van der Waals surface area contributed by atoms with Crippen LogP contribution in [0.15, 0.2) is 48.7 Å². The normalized spacial score (nSPS) is 9.83. The molecule has 0 fully saturated rings. The van der Waals surface area contributed by atoms with Gasteiger partial charge in [-0.1, -0.05) is 18.2 Å². The van der Waals surface area contributed by atoms with E-state index in [9.17, 15) is 4.79 Å². The molecule has 0 aliphatic rings. The third kappa shape index (κ3) is 2.57. The van der Waals surface area contributed by atoms with E-state index in [1.165, 1.54) is 4.90 Å². The van der Waals surface area contributed by atoms with Crippen molar-refractivity contribution < 1.29 is 4.79 Å². The second-order valence-electron chi connectivity index (χ2n) is 3.77. The van der Waals surface area contributed by atoms with E-state index < -0.39 is 0 Å². The van der Waals surface area contributed by atoms with Gasteiger partial charge >= 0.3 is 6.03 Å². The second kappa shape index (κ2) is 5.18. The van der Waals surface area contributed by atoms with E-state index in [2.05, 4.69) is 10.3 Å². The van der Waals surface area contributed by atoms with E-state index in [4.69, 9.17) is 5.73 Å². The summed E-state index contributed by atoms with van der Waals surface area (Å²) >= 11 is 0. The van der Waals surface area contributed by atoms with Crippen LogP contribution in [0.2, 0.25) is 0 Å². The molecule has 3 N–H and O–H groups in total. The molecule has 0 spiro atoms. The fourth-order valence-corrected chi connectivity index (χ4v) is 1.51. The minimum Gasteiger partial charge on any atom is -0.396 e. The number of nitrogens with zero attached hydrogens (tertiary/aromatic N) is 2. The van der Waals surface area contributed by atoms with Crippen molar-refractivity contribution in [3.05, 3.63) is 48.7 Å². The van der Waals surface area contributed by atoms with Crippen molar-refractivity contribution in [1.29, 1.82) is 0 Å². The van der Waals surface area contributed by atoms with Gasteiger partial charge in [-0.2, -0.15) is 0 Å². The zero-order valence-electron chi connectivity index (χ0n) is 10.00. The van der Waals surface area contributed by atoms with Gasteiger partial charge < -0.3 is 11.1 Å². The van der Waals surface area contributed by atoms with Crippen LogP contribution in [0.4, 0.5) is 22.0 Å². The number of para-hydroxylation sites is 1. The number of hydrogen-bond acceptors (Lipinski definition) is 3. The Labute approximate surface area is 105 Å². The van der Waals surface area contributed by atoms with Crippen LogP contribution in [0.25, 0.3) is 0 Å². The highest BCUT2D eigenvalue weighted by Gasteiger charge is 2.14. The van der Waals surface area contributed by atoms with Gasteiger partial charge in [0.1, 0.15) is 0 Å². The zero-order valence-corrected chi connectivity index (χ0v) is 10.00. The van der Waals surface area contributed by atoms with E-state index in [0.717, 1.165) is 5.69 Å². The first-order valence-corrected chi connectivity index (χ1v) is 5.49. The van der Waals surface area contributed by atoms with Crippen LogP contribution in [-0.4, -0.2) is 18.1 Å². The molecule has 2 amide bonds. The molecular formula is C13H14N4O. The molecule has 1 aromatic heterocycles. The number of nitrogen functional groups attached to an aromatic ring is 1. The number of urea groups is 1. The van der Waals surface area contributed by atoms with Crippen LogP contribution in [0.5, 0.6) is 0 Å². The lowest BCUT2D eigenvalue weighted by Crippen LogP contribution is -2.32. The van der Waals surface area contributed by atoms with Crippen molar-refractivity contribution in [1.82, 2.24) is 4.98 Å². The van der Waals surface area contributed by atoms with Crippen molar-refractivity contribution in [2.75, 3.05) is 23.0 Å². The Hall–Kier alpha value is -2.56. The summed E-state index contributed by atoms with van der Waals surface area (Å²) in [6, 6.07) is 12.4. The van der Waals surface area contributed by atoms with E-state index in [1.54, 1.807) is 25.4 Å². The molecule has 0 bridgehead atoms. The number of rotatable bonds is 2. The number of carbonyl (C=O) groups excluding carboxylic acids is 1. The molecule has 0 unspecified atom stereocenters. The molecule has 2 aromatic rings. The summed E-state index contributed by atoms with van der Waals surface area (Å²) in [6.07, 6.45) is 1.60. The summed E-state index contributed by atoms with van der Waals surface area (Å²) in [4.78, 5) is 17.4. The van der Waals surface area contributed by atoms with Crippen molar-refractivity contribution in [3.8, 4) is 0 Å². The Balaban J connectivity index is 2.13. The number of pyridine rings is 1. The van der Waals surface area contributed by atoms with Crippen LogP contribution >= 0.6 is 0 Å². The van der Waals surface area contributed by atoms with Crippen molar-refractivity contribution in [2.24, 2.45) is 0 Å². The molecule has 1 aromatic carbocycles. The molecule has 1 heterocycles. The van der Waals surface area contributed by atoms with Crippen LogP contribution in [0, 0.1) is 0 Å². The van der Waals surface area contributed by atoms with Crippen molar-refractivity contribution in [2.45, 2.75) is 0 Å². The predicted octanol–water partition coefficient (Wildman–Crippen LogP) is 2.33. The van der Waals surface area contributed by atoms with Crippen molar-refractivity contribution in [3.63, 3.8) is 0 Å². The number of nitrogens with one attached hydrogen (secondary N) is 1. The first-order valence-electron chi connectivity index (χ1n) is 5.49. The number of benzene rings is 1. The van der Waals surface area contributed by atoms with Crippen molar-refractivity contribution >= 4 is 23.2 Å². The lowest BCUT2D eigenvalue weighted by atomic mass is 10.3. The summed E-state index contributed by atoms with van der Waals surface area (Å²) in [5, 5.41) is 2.76. The summed E-state index contributed by atoms with van der Waals surface area (Å²) in [5.74, 6) is 0.436. The number of hydrogen-bond donors (Lipinski definition) is 2.